The number of carbonyl (C=O) groups excluding carboxylic acids is 2. The fourth-order valence-corrected chi connectivity index (χ4v) is 2.32. The van der Waals surface area contributed by atoms with Gasteiger partial charge in [0, 0.05) is 12.8 Å². The van der Waals surface area contributed by atoms with Gasteiger partial charge in [-0.2, -0.15) is 0 Å². The van der Waals surface area contributed by atoms with E-state index in [1.807, 2.05) is 13.8 Å². The van der Waals surface area contributed by atoms with Gasteiger partial charge in [-0.25, -0.2) is 0 Å². The number of esters is 1. The van der Waals surface area contributed by atoms with Gasteiger partial charge >= 0.3 is 5.97 Å². The van der Waals surface area contributed by atoms with Crippen molar-refractivity contribution >= 4 is 11.8 Å². The largest absolute Gasteiger partial charge is 0.466 e. The van der Waals surface area contributed by atoms with Crippen molar-refractivity contribution in [2.75, 3.05) is 6.61 Å². The molecule has 14 heavy (non-hydrogen) atoms. The van der Waals surface area contributed by atoms with E-state index in [2.05, 4.69) is 0 Å². The van der Waals surface area contributed by atoms with Gasteiger partial charge in [0.15, 0.2) is 0 Å². The van der Waals surface area contributed by atoms with Crippen LogP contribution in [0, 0.1) is 17.8 Å². The Balaban J connectivity index is 2.66. The number of ether oxygens (including phenoxy) is 1. The molecule has 0 heterocycles. The van der Waals surface area contributed by atoms with Gasteiger partial charge in [0.1, 0.15) is 5.78 Å². The van der Waals surface area contributed by atoms with E-state index in [1.54, 1.807) is 6.92 Å². The van der Waals surface area contributed by atoms with Gasteiger partial charge in [0.2, 0.25) is 0 Å². The van der Waals surface area contributed by atoms with Crippen molar-refractivity contribution < 1.29 is 14.3 Å². The van der Waals surface area contributed by atoms with Gasteiger partial charge in [-0.1, -0.05) is 13.8 Å². The monoisotopic (exact) mass is 198 g/mol. The average molecular weight is 198 g/mol. The number of hydrogen-bond donors (Lipinski definition) is 0. The summed E-state index contributed by atoms with van der Waals surface area (Å²) in [7, 11) is 0. The molecule has 3 heteroatoms. The number of Topliss-reactive ketones (excluding diaryl/α,β-unsaturated/α-hetero) is 1. The van der Waals surface area contributed by atoms with Crippen molar-refractivity contribution in [2.24, 2.45) is 17.8 Å². The Kier molecular flexibility index (Phi) is 3.67. The number of ketones is 1. The van der Waals surface area contributed by atoms with Gasteiger partial charge in [-0.15, -0.1) is 0 Å². The van der Waals surface area contributed by atoms with E-state index >= 15 is 0 Å². The minimum Gasteiger partial charge on any atom is -0.466 e. The fourth-order valence-electron chi connectivity index (χ4n) is 2.32. The number of rotatable bonds is 2. The third-order valence-corrected chi connectivity index (χ3v) is 2.88. The van der Waals surface area contributed by atoms with Gasteiger partial charge in [-0.3, -0.25) is 9.59 Å². The highest BCUT2D eigenvalue weighted by molar-refractivity contribution is 5.83. The van der Waals surface area contributed by atoms with Crippen LogP contribution in [0.25, 0.3) is 0 Å². The summed E-state index contributed by atoms with van der Waals surface area (Å²) in [5.74, 6) is 0.300. The van der Waals surface area contributed by atoms with E-state index < -0.39 is 0 Å². The second-order valence-electron chi connectivity index (χ2n) is 4.18. The lowest BCUT2D eigenvalue weighted by Crippen LogP contribution is -2.36. The van der Waals surface area contributed by atoms with Crippen LogP contribution in [-0.4, -0.2) is 18.4 Å². The first-order valence-corrected chi connectivity index (χ1v) is 5.24. The molecule has 0 spiro atoms. The third-order valence-electron chi connectivity index (χ3n) is 2.88. The molecule has 1 aliphatic carbocycles. The first-order valence-electron chi connectivity index (χ1n) is 5.24. The van der Waals surface area contributed by atoms with E-state index in [9.17, 15) is 9.59 Å². The lowest BCUT2D eigenvalue weighted by Gasteiger charge is -2.31. The highest BCUT2D eigenvalue weighted by Gasteiger charge is 2.37. The van der Waals surface area contributed by atoms with Crippen molar-refractivity contribution in [1.29, 1.82) is 0 Å². The van der Waals surface area contributed by atoms with Crippen LogP contribution in [0.1, 0.15) is 33.6 Å². The Hall–Kier alpha value is -0.860. The van der Waals surface area contributed by atoms with Gasteiger partial charge in [0.25, 0.3) is 0 Å². The van der Waals surface area contributed by atoms with Crippen LogP contribution in [0.5, 0.6) is 0 Å². The SMILES string of the molecule is CCOC(=O)C1[C@H](C)CC(=O)C[C@@H]1C. The smallest absolute Gasteiger partial charge is 0.309 e. The highest BCUT2D eigenvalue weighted by Crippen LogP contribution is 2.33. The van der Waals surface area contributed by atoms with Crippen LogP contribution in [-0.2, 0) is 14.3 Å². The number of carbonyl (C=O) groups is 2. The van der Waals surface area contributed by atoms with E-state index in [0.29, 0.717) is 19.4 Å². The van der Waals surface area contributed by atoms with Crippen LogP contribution in [0.2, 0.25) is 0 Å². The molecule has 1 saturated carbocycles. The van der Waals surface area contributed by atoms with Crippen molar-refractivity contribution in [1.82, 2.24) is 0 Å². The standard InChI is InChI=1S/C11H18O3/c1-4-14-11(13)10-7(2)5-9(12)6-8(10)3/h7-8,10H,4-6H2,1-3H3/t7-,8+,10?. The van der Waals surface area contributed by atoms with Crippen molar-refractivity contribution in [2.45, 2.75) is 33.6 Å². The lowest BCUT2D eigenvalue weighted by atomic mass is 9.73. The quantitative estimate of drug-likeness (QED) is 0.635. The molecule has 1 aliphatic rings. The van der Waals surface area contributed by atoms with E-state index in [-0.39, 0.29) is 29.5 Å². The van der Waals surface area contributed by atoms with Crippen LogP contribution in [0.3, 0.4) is 0 Å². The molecule has 0 radical (unpaired) electrons. The topological polar surface area (TPSA) is 43.4 Å². The minimum atomic E-state index is -0.139. The molecule has 0 saturated heterocycles. The Morgan fingerprint density at radius 2 is 1.86 bits per heavy atom. The predicted molar refractivity (Wildman–Crippen MR) is 52.7 cm³/mol. The summed E-state index contributed by atoms with van der Waals surface area (Å²) in [6.07, 6.45) is 1.04. The lowest BCUT2D eigenvalue weighted by molar-refractivity contribution is -0.154. The molecule has 0 aromatic carbocycles. The molecule has 3 atom stereocenters. The van der Waals surface area contributed by atoms with Crippen LogP contribution < -0.4 is 0 Å². The molecule has 0 amide bonds. The molecular formula is C11H18O3. The maximum absolute atomic E-state index is 11.6. The summed E-state index contributed by atoms with van der Waals surface area (Å²) >= 11 is 0. The zero-order valence-corrected chi connectivity index (χ0v) is 9.08. The summed E-state index contributed by atoms with van der Waals surface area (Å²) in [6.45, 7) is 6.13. The first kappa shape index (κ1) is 11.2. The summed E-state index contributed by atoms with van der Waals surface area (Å²) in [4.78, 5) is 22.8. The fraction of sp³-hybridized carbons (Fsp3) is 0.818. The van der Waals surface area contributed by atoms with E-state index in [1.165, 1.54) is 0 Å². The van der Waals surface area contributed by atoms with E-state index in [0.717, 1.165) is 0 Å². The van der Waals surface area contributed by atoms with Crippen molar-refractivity contribution in [3.8, 4) is 0 Å². The van der Waals surface area contributed by atoms with Gasteiger partial charge < -0.3 is 4.74 Å². The van der Waals surface area contributed by atoms with Crippen LogP contribution >= 0.6 is 0 Å². The Morgan fingerprint density at radius 3 is 2.29 bits per heavy atom. The number of hydrogen-bond acceptors (Lipinski definition) is 3. The maximum Gasteiger partial charge on any atom is 0.309 e. The zero-order chi connectivity index (χ0) is 10.7. The van der Waals surface area contributed by atoms with Gasteiger partial charge in [0.05, 0.1) is 12.5 Å². The molecule has 0 aliphatic heterocycles. The molecule has 80 valence electrons. The molecule has 3 nitrogen and oxygen atoms in total. The van der Waals surface area contributed by atoms with Crippen LogP contribution in [0.4, 0.5) is 0 Å². The molecule has 0 aromatic rings. The molecular weight excluding hydrogens is 180 g/mol. The Morgan fingerprint density at radius 1 is 1.36 bits per heavy atom. The average Bonchev–Trinajstić information content (AvgIpc) is 2.01. The molecule has 1 fully saturated rings. The Bertz CT molecular complexity index is 221. The summed E-state index contributed by atoms with van der Waals surface area (Å²) in [5.41, 5.74) is 0. The van der Waals surface area contributed by atoms with Gasteiger partial charge in [-0.05, 0) is 18.8 Å². The summed E-state index contributed by atoms with van der Waals surface area (Å²) < 4.78 is 5.01. The molecule has 0 aromatic heterocycles. The normalized spacial score (nSPS) is 32.8. The third kappa shape index (κ3) is 2.34. The molecule has 1 rings (SSSR count). The van der Waals surface area contributed by atoms with Crippen molar-refractivity contribution in [3.05, 3.63) is 0 Å². The Labute approximate surface area is 84.8 Å². The molecule has 1 unspecified atom stereocenters. The molecule has 0 N–H and O–H groups in total. The maximum atomic E-state index is 11.6. The van der Waals surface area contributed by atoms with E-state index in [4.69, 9.17) is 4.74 Å². The highest BCUT2D eigenvalue weighted by atomic mass is 16.5. The summed E-state index contributed by atoms with van der Waals surface area (Å²) in [6, 6.07) is 0. The second kappa shape index (κ2) is 4.58. The zero-order valence-electron chi connectivity index (χ0n) is 9.08. The summed E-state index contributed by atoms with van der Waals surface area (Å²) in [5, 5.41) is 0. The second-order valence-corrected chi connectivity index (χ2v) is 4.18. The first-order chi connectivity index (χ1) is 6.56. The van der Waals surface area contributed by atoms with Crippen LogP contribution in [0.15, 0.2) is 0 Å². The predicted octanol–water partition coefficient (Wildman–Crippen LogP) is 1.80. The molecule has 0 bridgehead atoms. The van der Waals surface area contributed by atoms with Crippen molar-refractivity contribution in [3.63, 3.8) is 0 Å². The minimum absolute atomic E-state index is 0.0901.